The largest absolute Gasteiger partial charge is 0.408 e. The quantitative estimate of drug-likeness (QED) is 0.692. The molecule has 32 heavy (non-hydrogen) atoms. The molecule has 4 aliphatic rings. The molecule has 0 N–H and O–H groups in total. The number of ketones is 1. The van der Waals surface area contributed by atoms with E-state index in [0.29, 0.717) is 51.3 Å². The number of rotatable bonds is 2. The first-order valence-electron chi connectivity index (χ1n) is 11.4. The van der Waals surface area contributed by atoms with Crippen LogP contribution in [0.3, 0.4) is 0 Å². The Balaban J connectivity index is 1.15. The highest BCUT2D eigenvalue weighted by atomic mass is 19.4. The Morgan fingerprint density at radius 1 is 1.00 bits per heavy atom. The van der Waals surface area contributed by atoms with Crippen molar-refractivity contribution in [2.75, 3.05) is 44.2 Å². The number of anilines is 1. The van der Waals surface area contributed by atoms with Crippen LogP contribution in [0.4, 0.5) is 23.7 Å². The normalized spacial score (nSPS) is 29.2. The Morgan fingerprint density at radius 3 is 2.47 bits per heavy atom. The molecule has 2 amide bonds. The maximum atomic E-state index is 13.2. The Hall–Kier alpha value is -2.29. The first-order chi connectivity index (χ1) is 15.3. The van der Waals surface area contributed by atoms with Gasteiger partial charge in [0.1, 0.15) is 12.6 Å². The van der Waals surface area contributed by atoms with Crippen molar-refractivity contribution in [3.8, 4) is 0 Å². The van der Waals surface area contributed by atoms with E-state index in [1.165, 1.54) is 4.90 Å². The lowest BCUT2D eigenvalue weighted by Gasteiger charge is -2.46. The van der Waals surface area contributed by atoms with E-state index in [4.69, 9.17) is 4.74 Å². The molecule has 3 atom stereocenters. The van der Waals surface area contributed by atoms with Gasteiger partial charge in [0.25, 0.3) is 0 Å². The van der Waals surface area contributed by atoms with Crippen LogP contribution in [0.25, 0.3) is 0 Å². The highest BCUT2D eigenvalue weighted by Crippen LogP contribution is 2.37. The lowest BCUT2D eigenvalue weighted by molar-refractivity contribution is -0.146. The van der Waals surface area contributed by atoms with E-state index < -0.39 is 12.2 Å². The summed E-state index contributed by atoms with van der Waals surface area (Å²) in [6.07, 6.45) is -2.21. The number of hydrogen-bond donors (Lipinski definition) is 0. The number of benzene rings is 1. The number of likely N-dealkylation sites (tertiary alicyclic amines) is 2. The van der Waals surface area contributed by atoms with Gasteiger partial charge in [-0.2, -0.15) is 13.2 Å². The summed E-state index contributed by atoms with van der Waals surface area (Å²) in [6, 6.07) is 5.93. The molecule has 0 saturated carbocycles. The second-order valence-electron chi connectivity index (χ2n) is 9.46. The number of nitrogens with zero attached hydrogens (tertiary/aromatic N) is 3. The van der Waals surface area contributed by atoms with Crippen LogP contribution >= 0.6 is 0 Å². The minimum Gasteiger partial charge on any atom is -0.370 e. The van der Waals surface area contributed by atoms with Gasteiger partial charge in [0.05, 0.1) is 6.10 Å². The van der Waals surface area contributed by atoms with Crippen molar-refractivity contribution in [1.82, 2.24) is 9.80 Å². The molecule has 0 bridgehead atoms. The summed E-state index contributed by atoms with van der Waals surface area (Å²) >= 11 is 0. The van der Waals surface area contributed by atoms with Gasteiger partial charge in [-0.05, 0) is 37.0 Å². The predicted molar refractivity (Wildman–Crippen MR) is 112 cm³/mol. The number of urea groups is 1. The summed E-state index contributed by atoms with van der Waals surface area (Å²) in [5.74, 6) is 0.385. The molecule has 9 heteroatoms. The zero-order chi connectivity index (χ0) is 22.5. The third-order valence-corrected chi connectivity index (χ3v) is 7.36. The van der Waals surface area contributed by atoms with Crippen molar-refractivity contribution in [1.29, 1.82) is 0 Å². The number of Topliss-reactive ketones (excluding diaryl/α,β-unsaturated/α-hetero) is 1. The van der Waals surface area contributed by atoms with E-state index in [1.807, 2.05) is 21.9 Å². The Labute approximate surface area is 185 Å². The van der Waals surface area contributed by atoms with Crippen molar-refractivity contribution >= 4 is 17.5 Å². The van der Waals surface area contributed by atoms with E-state index in [-0.39, 0.29) is 42.8 Å². The third-order valence-electron chi connectivity index (χ3n) is 7.36. The zero-order valence-electron chi connectivity index (χ0n) is 17.9. The summed E-state index contributed by atoms with van der Waals surface area (Å²) in [7, 11) is 0. The summed E-state index contributed by atoms with van der Waals surface area (Å²) < 4.78 is 45.3. The molecule has 1 aromatic carbocycles. The fourth-order valence-corrected chi connectivity index (χ4v) is 5.55. The molecule has 6 nitrogen and oxygen atoms in total. The van der Waals surface area contributed by atoms with Crippen molar-refractivity contribution in [2.45, 2.75) is 49.9 Å². The number of carbonyl (C=O) groups excluding carboxylic acids is 2. The van der Waals surface area contributed by atoms with Gasteiger partial charge < -0.3 is 19.4 Å². The number of carbonyl (C=O) groups is 2. The van der Waals surface area contributed by atoms with Crippen LogP contribution < -0.4 is 4.90 Å². The average molecular weight is 451 g/mol. The molecular formula is C23H28F3N3O3. The molecule has 1 aromatic rings. The summed E-state index contributed by atoms with van der Waals surface area (Å²) in [4.78, 5) is 29.6. The van der Waals surface area contributed by atoms with Crippen molar-refractivity contribution in [3.05, 3.63) is 29.8 Å². The lowest BCUT2D eigenvalue weighted by atomic mass is 9.87. The van der Waals surface area contributed by atoms with Crippen LogP contribution in [0, 0.1) is 5.92 Å². The molecule has 4 saturated heterocycles. The van der Waals surface area contributed by atoms with Crippen LogP contribution in [0.15, 0.2) is 24.3 Å². The minimum atomic E-state index is -4.21. The Bertz CT molecular complexity index is 869. The molecule has 4 heterocycles. The van der Waals surface area contributed by atoms with Gasteiger partial charge in [0.15, 0.2) is 5.78 Å². The molecule has 174 valence electrons. The fourth-order valence-electron chi connectivity index (χ4n) is 5.55. The minimum absolute atomic E-state index is 0.000529. The van der Waals surface area contributed by atoms with Crippen LogP contribution in [0.5, 0.6) is 0 Å². The van der Waals surface area contributed by atoms with Gasteiger partial charge >= 0.3 is 12.2 Å². The number of halogens is 3. The van der Waals surface area contributed by atoms with E-state index in [9.17, 15) is 22.8 Å². The van der Waals surface area contributed by atoms with Crippen molar-refractivity contribution < 1.29 is 27.5 Å². The number of ether oxygens (including phenoxy) is 1. The molecule has 4 aliphatic heterocycles. The van der Waals surface area contributed by atoms with Crippen LogP contribution in [0.2, 0.25) is 0 Å². The molecular weight excluding hydrogens is 423 g/mol. The Kier molecular flexibility index (Phi) is 5.55. The first kappa shape index (κ1) is 21.6. The van der Waals surface area contributed by atoms with Gasteiger partial charge in [-0.25, -0.2) is 4.79 Å². The molecule has 4 fully saturated rings. The van der Waals surface area contributed by atoms with Gasteiger partial charge in [-0.1, -0.05) is 12.1 Å². The third kappa shape index (κ3) is 4.07. The van der Waals surface area contributed by atoms with Gasteiger partial charge in [-0.3, -0.25) is 4.79 Å². The molecule has 0 spiro atoms. The molecule has 0 aliphatic carbocycles. The zero-order valence-corrected chi connectivity index (χ0v) is 17.9. The standard InChI is InChI=1S/C23H28F3N3O3/c24-23(25,26)21-2-1-8-29(21)18-5-3-15(4-6-18)17-12-28(13-17)22(31)27-9-7-20-16(11-27)10-19(30)14-32-20/h3-6,16-17,20-21H,1-2,7-14H2/t16-,20+,21?/m1/s1. The van der Waals surface area contributed by atoms with Gasteiger partial charge in [0, 0.05) is 56.7 Å². The second kappa shape index (κ2) is 8.24. The van der Waals surface area contributed by atoms with Crippen LogP contribution in [-0.4, -0.2) is 79.3 Å². The monoisotopic (exact) mass is 451 g/mol. The number of hydrogen-bond acceptors (Lipinski definition) is 4. The van der Waals surface area contributed by atoms with Gasteiger partial charge in [0.2, 0.25) is 0 Å². The number of piperidine rings is 1. The first-order valence-corrected chi connectivity index (χ1v) is 11.4. The fraction of sp³-hybridized carbons (Fsp3) is 0.652. The molecule has 0 radical (unpaired) electrons. The van der Waals surface area contributed by atoms with E-state index in [0.717, 1.165) is 12.0 Å². The van der Waals surface area contributed by atoms with Crippen LogP contribution in [-0.2, 0) is 9.53 Å². The van der Waals surface area contributed by atoms with Crippen molar-refractivity contribution in [3.63, 3.8) is 0 Å². The number of amides is 2. The summed E-state index contributed by atoms with van der Waals surface area (Å²) in [5.41, 5.74) is 1.65. The SMILES string of the molecule is O=C1CO[C@H]2CCN(C(=O)N3CC(c4ccc(N5CCCC5C(F)(F)F)cc4)C3)C[C@H]2C1. The average Bonchev–Trinajstić information content (AvgIpc) is 3.23. The summed E-state index contributed by atoms with van der Waals surface area (Å²) in [5, 5.41) is 0. The summed E-state index contributed by atoms with van der Waals surface area (Å²) in [6.45, 7) is 3.02. The molecule has 0 aromatic heterocycles. The van der Waals surface area contributed by atoms with E-state index >= 15 is 0 Å². The van der Waals surface area contributed by atoms with Crippen molar-refractivity contribution in [2.24, 2.45) is 5.92 Å². The maximum absolute atomic E-state index is 13.2. The van der Waals surface area contributed by atoms with Gasteiger partial charge in [-0.15, -0.1) is 0 Å². The molecule has 5 rings (SSSR count). The lowest BCUT2D eigenvalue weighted by Crippen LogP contribution is -2.58. The van der Waals surface area contributed by atoms with Crippen LogP contribution in [0.1, 0.15) is 37.2 Å². The topological polar surface area (TPSA) is 53.1 Å². The number of alkyl halides is 3. The van der Waals surface area contributed by atoms with E-state index in [2.05, 4.69) is 0 Å². The maximum Gasteiger partial charge on any atom is 0.408 e. The molecule has 1 unspecified atom stereocenters. The smallest absolute Gasteiger partial charge is 0.370 e. The predicted octanol–water partition coefficient (Wildman–Crippen LogP) is 3.42. The highest BCUT2D eigenvalue weighted by molar-refractivity contribution is 5.81. The number of fused-ring (bicyclic) bond motifs is 1. The highest BCUT2D eigenvalue weighted by Gasteiger charge is 2.46. The van der Waals surface area contributed by atoms with E-state index in [1.54, 1.807) is 12.1 Å². The second-order valence-corrected chi connectivity index (χ2v) is 9.46. The Morgan fingerprint density at radius 2 is 1.75 bits per heavy atom.